The molecule has 176 valence electrons. The van der Waals surface area contributed by atoms with E-state index in [1.54, 1.807) is 67.8 Å². The number of rotatable bonds is 5. The summed E-state index contributed by atoms with van der Waals surface area (Å²) in [4.78, 5) is 32.7. The van der Waals surface area contributed by atoms with E-state index in [1.807, 2.05) is 6.07 Å². The molecule has 35 heavy (non-hydrogen) atoms. The lowest BCUT2D eigenvalue weighted by atomic mass is 9.95. The van der Waals surface area contributed by atoms with Gasteiger partial charge in [0.2, 0.25) is 0 Å². The molecular weight excluding hydrogens is 488 g/mol. The van der Waals surface area contributed by atoms with E-state index in [0.717, 1.165) is 4.70 Å². The Morgan fingerprint density at radius 2 is 1.77 bits per heavy atom. The van der Waals surface area contributed by atoms with Crippen LogP contribution < -0.4 is 14.4 Å². The first kappa shape index (κ1) is 22.9. The maximum Gasteiger partial charge on any atom is 0.301 e. The predicted octanol–water partition coefficient (Wildman–Crippen LogP) is 5.59. The second-order valence-corrected chi connectivity index (χ2v) is 9.19. The molecule has 2 heterocycles. The molecule has 0 saturated carbocycles. The molecule has 1 saturated heterocycles. The molecule has 9 heteroatoms. The number of fused-ring (bicyclic) bond motifs is 1. The Balaban J connectivity index is 1.74. The summed E-state index contributed by atoms with van der Waals surface area (Å²) in [6.07, 6.45) is 0. The van der Waals surface area contributed by atoms with Crippen LogP contribution in [0.15, 0.2) is 72.3 Å². The minimum Gasteiger partial charge on any atom is -0.507 e. The van der Waals surface area contributed by atoms with Crippen LogP contribution in [0, 0.1) is 0 Å². The fourth-order valence-corrected chi connectivity index (χ4v) is 5.25. The first-order valence-electron chi connectivity index (χ1n) is 10.6. The van der Waals surface area contributed by atoms with Gasteiger partial charge in [0.25, 0.3) is 5.78 Å². The van der Waals surface area contributed by atoms with Crippen molar-refractivity contribution in [2.45, 2.75) is 6.04 Å². The van der Waals surface area contributed by atoms with Crippen molar-refractivity contribution >= 4 is 55.7 Å². The number of carbonyl (C=O) groups excluding carboxylic acids is 2. The molecule has 1 aliphatic rings. The van der Waals surface area contributed by atoms with Crippen LogP contribution in [0.1, 0.15) is 17.2 Å². The number of amides is 1. The van der Waals surface area contributed by atoms with Gasteiger partial charge >= 0.3 is 5.91 Å². The van der Waals surface area contributed by atoms with Gasteiger partial charge in [-0.25, -0.2) is 4.98 Å². The molecule has 1 amide bonds. The number of carbonyl (C=O) groups is 2. The molecule has 1 atom stereocenters. The quantitative estimate of drug-likeness (QED) is 0.215. The van der Waals surface area contributed by atoms with Crippen LogP contribution in [0.5, 0.6) is 11.5 Å². The van der Waals surface area contributed by atoms with E-state index in [9.17, 15) is 14.7 Å². The van der Waals surface area contributed by atoms with Gasteiger partial charge in [-0.05, 0) is 48.5 Å². The van der Waals surface area contributed by atoms with Gasteiger partial charge in [0.15, 0.2) is 5.13 Å². The summed E-state index contributed by atoms with van der Waals surface area (Å²) in [7, 11) is 3.08. The van der Waals surface area contributed by atoms with Crippen LogP contribution in [-0.2, 0) is 9.59 Å². The number of ether oxygens (including phenoxy) is 2. The van der Waals surface area contributed by atoms with Gasteiger partial charge in [0.05, 0.1) is 30.0 Å². The molecule has 1 aromatic heterocycles. The Bertz CT molecular complexity index is 1500. The van der Waals surface area contributed by atoms with E-state index in [2.05, 4.69) is 4.98 Å². The first-order valence-corrected chi connectivity index (χ1v) is 11.8. The third kappa shape index (κ3) is 3.90. The zero-order valence-corrected chi connectivity index (χ0v) is 20.3. The predicted molar refractivity (Wildman–Crippen MR) is 135 cm³/mol. The first-order chi connectivity index (χ1) is 16.9. The van der Waals surface area contributed by atoms with Crippen molar-refractivity contribution in [2.24, 2.45) is 0 Å². The van der Waals surface area contributed by atoms with Crippen LogP contribution in [0.4, 0.5) is 5.13 Å². The van der Waals surface area contributed by atoms with Gasteiger partial charge in [-0.1, -0.05) is 41.1 Å². The number of methoxy groups -OCH3 is 2. The number of anilines is 1. The Morgan fingerprint density at radius 1 is 1.03 bits per heavy atom. The number of benzene rings is 3. The second-order valence-electron chi connectivity index (χ2n) is 7.75. The number of hydrogen-bond acceptors (Lipinski definition) is 7. The highest BCUT2D eigenvalue weighted by Crippen LogP contribution is 2.46. The number of Topliss-reactive ketones (excluding diaryl/α,β-unsaturated/α-hetero) is 1. The van der Waals surface area contributed by atoms with Crippen molar-refractivity contribution < 1.29 is 24.2 Å². The Morgan fingerprint density at radius 3 is 2.49 bits per heavy atom. The number of aromatic nitrogens is 1. The number of hydrogen-bond donors (Lipinski definition) is 1. The normalized spacial score (nSPS) is 17.2. The van der Waals surface area contributed by atoms with E-state index in [4.69, 9.17) is 21.1 Å². The zero-order valence-electron chi connectivity index (χ0n) is 18.7. The van der Waals surface area contributed by atoms with Gasteiger partial charge < -0.3 is 14.6 Å². The van der Waals surface area contributed by atoms with Crippen molar-refractivity contribution in [1.29, 1.82) is 0 Å². The molecule has 0 bridgehead atoms. The Hall–Kier alpha value is -3.88. The lowest BCUT2D eigenvalue weighted by Crippen LogP contribution is -2.29. The number of aliphatic hydroxyl groups excluding tert-OH is 1. The number of aliphatic hydroxyl groups is 1. The molecular formula is C26H19ClN2O5S. The molecule has 1 N–H and O–H groups in total. The summed E-state index contributed by atoms with van der Waals surface area (Å²) in [6.45, 7) is 0. The van der Waals surface area contributed by atoms with Crippen molar-refractivity contribution in [2.75, 3.05) is 19.1 Å². The summed E-state index contributed by atoms with van der Waals surface area (Å²) in [6, 6.07) is 17.9. The van der Waals surface area contributed by atoms with Crippen LogP contribution in [-0.4, -0.2) is 36.0 Å². The van der Waals surface area contributed by atoms with Gasteiger partial charge in [0.1, 0.15) is 23.3 Å². The Labute approximate surface area is 209 Å². The van der Waals surface area contributed by atoms with E-state index < -0.39 is 17.7 Å². The van der Waals surface area contributed by atoms with Crippen molar-refractivity contribution in [3.05, 3.63) is 88.5 Å². The smallest absolute Gasteiger partial charge is 0.301 e. The fourth-order valence-electron chi connectivity index (χ4n) is 4.10. The summed E-state index contributed by atoms with van der Waals surface area (Å²) < 4.78 is 11.6. The highest BCUT2D eigenvalue weighted by Gasteiger charge is 2.49. The van der Waals surface area contributed by atoms with Gasteiger partial charge in [-0.3, -0.25) is 14.5 Å². The monoisotopic (exact) mass is 506 g/mol. The molecule has 3 aromatic carbocycles. The number of para-hydroxylation sites is 1. The van der Waals surface area contributed by atoms with Gasteiger partial charge in [-0.15, -0.1) is 0 Å². The van der Waals surface area contributed by atoms with Crippen molar-refractivity contribution in [1.82, 2.24) is 4.98 Å². The lowest BCUT2D eigenvalue weighted by molar-refractivity contribution is -0.132. The summed E-state index contributed by atoms with van der Waals surface area (Å²) in [5.41, 5.74) is 1.51. The number of thiazole rings is 1. The third-order valence-corrected chi connectivity index (χ3v) is 7.06. The summed E-state index contributed by atoms with van der Waals surface area (Å²) in [5.74, 6) is -0.790. The number of nitrogens with zero attached hydrogens (tertiary/aromatic N) is 2. The average Bonchev–Trinajstić information content (AvgIpc) is 3.41. The van der Waals surface area contributed by atoms with Crippen LogP contribution in [0.3, 0.4) is 0 Å². The summed E-state index contributed by atoms with van der Waals surface area (Å²) in [5, 5.41) is 12.0. The second kappa shape index (κ2) is 9.05. The van der Waals surface area contributed by atoms with Gasteiger partial charge in [-0.2, -0.15) is 0 Å². The molecule has 1 fully saturated rings. The maximum atomic E-state index is 13.4. The highest BCUT2D eigenvalue weighted by molar-refractivity contribution is 7.22. The molecule has 5 rings (SSSR count). The molecule has 0 spiro atoms. The maximum absolute atomic E-state index is 13.4. The van der Waals surface area contributed by atoms with E-state index in [1.165, 1.54) is 23.3 Å². The molecule has 1 aliphatic heterocycles. The van der Waals surface area contributed by atoms with Gasteiger partial charge in [0, 0.05) is 16.1 Å². The highest BCUT2D eigenvalue weighted by atomic mass is 35.5. The minimum atomic E-state index is -0.954. The van der Waals surface area contributed by atoms with Crippen LogP contribution >= 0.6 is 22.9 Å². The Kier molecular flexibility index (Phi) is 5.92. The van der Waals surface area contributed by atoms with Crippen LogP contribution in [0.25, 0.3) is 16.0 Å². The SMILES string of the molecule is COc1ccc2nc(N3C(=O)C(=O)/C(=C(/O)c4ccc(Cl)cc4)[C@@H]3c3ccccc3OC)sc2c1. The lowest BCUT2D eigenvalue weighted by Gasteiger charge is -2.24. The molecule has 0 unspecified atom stereocenters. The largest absolute Gasteiger partial charge is 0.507 e. The standard InChI is InChI=1S/C26H19ClN2O5S/c1-33-16-11-12-18-20(13-16)35-26(28-18)29-22(17-5-3-4-6-19(17)34-2)21(24(31)25(29)32)23(30)14-7-9-15(27)10-8-14/h3-13,22,30H,1-2H3/b23-21+/t22-/m0/s1. The van der Waals surface area contributed by atoms with E-state index >= 15 is 0 Å². The topological polar surface area (TPSA) is 89.0 Å². The fraction of sp³-hybridized carbons (Fsp3) is 0.115. The van der Waals surface area contributed by atoms with Crippen molar-refractivity contribution in [3.8, 4) is 11.5 Å². The minimum absolute atomic E-state index is 0.0568. The molecule has 7 nitrogen and oxygen atoms in total. The number of halogens is 1. The number of ketones is 1. The average molecular weight is 507 g/mol. The van der Waals surface area contributed by atoms with Crippen LogP contribution in [0.2, 0.25) is 5.02 Å². The van der Waals surface area contributed by atoms with E-state index in [-0.39, 0.29) is 11.3 Å². The van der Waals surface area contributed by atoms with E-state index in [0.29, 0.717) is 38.3 Å². The summed E-state index contributed by atoms with van der Waals surface area (Å²) >= 11 is 7.25. The molecule has 0 radical (unpaired) electrons. The third-order valence-electron chi connectivity index (χ3n) is 5.79. The molecule has 0 aliphatic carbocycles. The molecule has 4 aromatic rings. The van der Waals surface area contributed by atoms with Crippen molar-refractivity contribution in [3.63, 3.8) is 0 Å². The zero-order chi connectivity index (χ0) is 24.7.